The molecule has 0 unspecified atom stereocenters. The standard InChI is InChI=1S/C11H15N3O3/c1-7(2)8-3-5-9(6-4-8)13-10(15)14(12)11(16)17/h3-7H,12H2,1-2H3,(H,13,15)(H,16,17). The number of urea groups is 1. The van der Waals surface area contributed by atoms with E-state index in [1.165, 1.54) is 0 Å². The Morgan fingerprint density at radius 2 is 1.82 bits per heavy atom. The van der Waals surface area contributed by atoms with Crippen molar-refractivity contribution in [1.29, 1.82) is 0 Å². The molecule has 0 aliphatic carbocycles. The van der Waals surface area contributed by atoms with Crippen LogP contribution in [-0.2, 0) is 0 Å². The predicted octanol–water partition coefficient (Wildman–Crippen LogP) is 2.20. The average molecular weight is 237 g/mol. The number of nitrogens with two attached hydrogens (primary N) is 1. The molecular formula is C11H15N3O3. The van der Waals surface area contributed by atoms with E-state index in [0.717, 1.165) is 5.56 Å². The molecule has 3 amide bonds. The molecular weight excluding hydrogens is 222 g/mol. The van der Waals surface area contributed by atoms with Crippen molar-refractivity contribution < 1.29 is 14.7 Å². The Hall–Kier alpha value is -2.08. The molecule has 6 heteroatoms. The lowest BCUT2D eigenvalue weighted by molar-refractivity contribution is 0.153. The van der Waals surface area contributed by atoms with Crippen LogP contribution < -0.4 is 11.2 Å². The van der Waals surface area contributed by atoms with Gasteiger partial charge in [0, 0.05) is 5.69 Å². The van der Waals surface area contributed by atoms with Crippen molar-refractivity contribution in [3.63, 3.8) is 0 Å². The summed E-state index contributed by atoms with van der Waals surface area (Å²) < 4.78 is 0. The van der Waals surface area contributed by atoms with Crippen molar-refractivity contribution in [2.75, 3.05) is 5.32 Å². The van der Waals surface area contributed by atoms with Crippen LogP contribution >= 0.6 is 0 Å². The van der Waals surface area contributed by atoms with Gasteiger partial charge in [-0.25, -0.2) is 15.4 Å². The molecule has 0 fully saturated rings. The highest BCUT2D eigenvalue weighted by Crippen LogP contribution is 2.17. The van der Waals surface area contributed by atoms with E-state index >= 15 is 0 Å². The number of carbonyl (C=O) groups excluding carboxylic acids is 1. The number of hydrogen-bond donors (Lipinski definition) is 3. The number of hydrazine groups is 1. The summed E-state index contributed by atoms with van der Waals surface area (Å²) in [6.07, 6.45) is -1.51. The normalized spacial score (nSPS) is 10.1. The molecule has 1 aromatic carbocycles. The summed E-state index contributed by atoms with van der Waals surface area (Å²) in [5, 5.41) is 11.0. The molecule has 0 atom stereocenters. The summed E-state index contributed by atoms with van der Waals surface area (Å²) >= 11 is 0. The highest BCUT2D eigenvalue weighted by Gasteiger charge is 2.16. The van der Waals surface area contributed by atoms with Gasteiger partial charge in [-0.3, -0.25) is 0 Å². The Labute approximate surface area is 99.0 Å². The number of imide groups is 1. The fourth-order valence-corrected chi connectivity index (χ4v) is 1.22. The first-order valence-corrected chi connectivity index (χ1v) is 5.10. The fourth-order valence-electron chi connectivity index (χ4n) is 1.22. The summed E-state index contributed by atoms with van der Waals surface area (Å²) in [6.45, 7) is 4.11. The number of nitrogens with zero attached hydrogens (tertiary/aromatic N) is 1. The summed E-state index contributed by atoms with van der Waals surface area (Å²) in [6, 6.07) is 6.23. The van der Waals surface area contributed by atoms with Crippen LogP contribution in [0.25, 0.3) is 0 Å². The second-order valence-corrected chi connectivity index (χ2v) is 3.86. The van der Waals surface area contributed by atoms with Crippen LogP contribution in [0.3, 0.4) is 0 Å². The SMILES string of the molecule is CC(C)c1ccc(NC(=O)N(N)C(=O)O)cc1. The van der Waals surface area contributed by atoms with Crippen LogP contribution in [0.5, 0.6) is 0 Å². The first-order chi connectivity index (χ1) is 7.91. The molecule has 0 radical (unpaired) electrons. The number of anilines is 1. The predicted molar refractivity (Wildman–Crippen MR) is 63.6 cm³/mol. The minimum atomic E-state index is -1.51. The number of nitrogens with one attached hydrogen (secondary N) is 1. The topological polar surface area (TPSA) is 95.7 Å². The highest BCUT2D eigenvalue weighted by molar-refractivity contribution is 5.97. The maximum atomic E-state index is 11.3. The summed E-state index contributed by atoms with van der Waals surface area (Å²) in [5.41, 5.74) is 1.63. The molecule has 0 spiro atoms. The quantitative estimate of drug-likeness (QED) is 0.417. The van der Waals surface area contributed by atoms with Crippen molar-refractivity contribution in [3.8, 4) is 0 Å². The monoisotopic (exact) mass is 237 g/mol. The van der Waals surface area contributed by atoms with E-state index in [1.807, 2.05) is 12.1 Å². The van der Waals surface area contributed by atoms with Gasteiger partial charge in [0.2, 0.25) is 0 Å². The molecule has 0 bridgehead atoms. The Bertz CT molecular complexity index is 414. The second-order valence-electron chi connectivity index (χ2n) is 3.86. The third-order valence-corrected chi connectivity index (χ3v) is 2.25. The van der Waals surface area contributed by atoms with Gasteiger partial charge in [-0.05, 0) is 23.6 Å². The summed E-state index contributed by atoms with van der Waals surface area (Å²) in [5.74, 6) is 5.40. The molecule has 6 nitrogen and oxygen atoms in total. The number of amides is 3. The minimum Gasteiger partial charge on any atom is -0.464 e. The van der Waals surface area contributed by atoms with Crippen LogP contribution in [0, 0.1) is 0 Å². The van der Waals surface area contributed by atoms with Crippen LogP contribution in [0.15, 0.2) is 24.3 Å². The summed E-state index contributed by atoms with van der Waals surface area (Å²) in [4.78, 5) is 21.7. The minimum absolute atomic E-state index is 0.0936. The van der Waals surface area contributed by atoms with Crippen molar-refractivity contribution in [1.82, 2.24) is 5.01 Å². The van der Waals surface area contributed by atoms with Gasteiger partial charge in [0.25, 0.3) is 0 Å². The molecule has 0 aliphatic heterocycles. The van der Waals surface area contributed by atoms with Gasteiger partial charge in [-0.15, -0.1) is 0 Å². The van der Waals surface area contributed by atoms with Gasteiger partial charge in [-0.1, -0.05) is 26.0 Å². The molecule has 0 heterocycles. The van der Waals surface area contributed by atoms with Crippen LogP contribution in [-0.4, -0.2) is 22.2 Å². The van der Waals surface area contributed by atoms with Crippen LogP contribution in [0.4, 0.5) is 15.3 Å². The molecule has 1 aromatic rings. The van der Waals surface area contributed by atoms with Gasteiger partial charge in [0.15, 0.2) is 0 Å². The van der Waals surface area contributed by atoms with Gasteiger partial charge in [0.1, 0.15) is 0 Å². The number of carbonyl (C=O) groups is 2. The molecule has 0 aromatic heterocycles. The van der Waals surface area contributed by atoms with Gasteiger partial charge < -0.3 is 10.4 Å². The molecule has 0 saturated carbocycles. The van der Waals surface area contributed by atoms with E-state index in [0.29, 0.717) is 11.6 Å². The van der Waals surface area contributed by atoms with Crippen molar-refractivity contribution in [2.24, 2.45) is 5.84 Å². The second kappa shape index (κ2) is 5.31. The number of carboxylic acid groups (broad SMARTS) is 1. The number of hydrogen-bond acceptors (Lipinski definition) is 3. The van der Waals surface area contributed by atoms with E-state index in [9.17, 15) is 9.59 Å². The fraction of sp³-hybridized carbons (Fsp3) is 0.273. The van der Waals surface area contributed by atoms with Gasteiger partial charge in [0.05, 0.1) is 0 Å². The van der Waals surface area contributed by atoms with Crippen molar-refractivity contribution in [3.05, 3.63) is 29.8 Å². The molecule has 1 rings (SSSR count). The van der Waals surface area contributed by atoms with Crippen molar-refractivity contribution in [2.45, 2.75) is 19.8 Å². The number of benzene rings is 1. The Morgan fingerprint density at radius 3 is 2.24 bits per heavy atom. The molecule has 92 valence electrons. The van der Waals surface area contributed by atoms with E-state index in [2.05, 4.69) is 19.2 Å². The van der Waals surface area contributed by atoms with Crippen LogP contribution in [0.1, 0.15) is 25.3 Å². The molecule has 17 heavy (non-hydrogen) atoms. The molecule has 0 aliphatic rings. The van der Waals surface area contributed by atoms with E-state index in [-0.39, 0.29) is 5.01 Å². The van der Waals surface area contributed by atoms with E-state index in [1.54, 1.807) is 12.1 Å². The summed E-state index contributed by atoms with van der Waals surface area (Å²) in [7, 11) is 0. The lowest BCUT2D eigenvalue weighted by atomic mass is 10.0. The Balaban J connectivity index is 2.70. The lowest BCUT2D eigenvalue weighted by Crippen LogP contribution is -2.44. The Kier molecular flexibility index (Phi) is 4.06. The maximum absolute atomic E-state index is 11.3. The molecule has 0 saturated heterocycles. The third-order valence-electron chi connectivity index (χ3n) is 2.25. The van der Waals surface area contributed by atoms with E-state index in [4.69, 9.17) is 10.9 Å². The van der Waals surface area contributed by atoms with Gasteiger partial charge in [-0.2, -0.15) is 5.01 Å². The van der Waals surface area contributed by atoms with Crippen molar-refractivity contribution >= 4 is 17.8 Å². The zero-order chi connectivity index (χ0) is 13.0. The third kappa shape index (κ3) is 3.46. The lowest BCUT2D eigenvalue weighted by Gasteiger charge is -2.12. The zero-order valence-electron chi connectivity index (χ0n) is 9.68. The zero-order valence-corrected chi connectivity index (χ0v) is 9.68. The largest absolute Gasteiger partial charge is 0.464 e. The average Bonchev–Trinajstić information content (AvgIpc) is 2.28. The smallest absolute Gasteiger partial charge is 0.430 e. The first-order valence-electron chi connectivity index (χ1n) is 5.10. The maximum Gasteiger partial charge on any atom is 0.430 e. The van der Waals surface area contributed by atoms with Gasteiger partial charge >= 0.3 is 12.1 Å². The van der Waals surface area contributed by atoms with Crippen LogP contribution in [0.2, 0.25) is 0 Å². The number of rotatable bonds is 2. The Morgan fingerprint density at radius 1 is 1.29 bits per heavy atom. The first kappa shape index (κ1) is 13.0. The van der Waals surface area contributed by atoms with E-state index < -0.39 is 12.1 Å². The highest BCUT2D eigenvalue weighted by atomic mass is 16.4. The molecule has 4 N–H and O–H groups in total.